The zero-order valence-electron chi connectivity index (χ0n) is 17.9. The quantitative estimate of drug-likeness (QED) is 0.384. The molecule has 168 valence electrons. The fourth-order valence-electron chi connectivity index (χ4n) is 3.17. The Morgan fingerprint density at radius 2 is 1.61 bits per heavy atom. The lowest BCUT2D eigenvalue weighted by atomic mass is 10.1. The average Bonchev–Trinajstić information content (AvgIpc) is 3.33. The van der Waals surface area contributed by atoms with Crippen LogP contribution in [0.5, 0.6) is 11.5 Å². The van der Waals surface area contributed by atoms with Crippen molar-refractivity contribution in [1.82, 2.24) is 15.5 Å². The number of benzene rings is 3. The van der Waals surface area contributed by atoms with Crippen LogP contribution in [0.25, 0.3) is 11.5 Å². The van der Waals surface area contributed by atoms with E-state index >= 15 is 0 Å². The number of nitrogens with zero attached hydrogens (tertiary/aromatic N) is 2. The van der Waals surface area contributed by atoms with Crippen molar-refractivity contribution < 1.29 is 18.7 Å². The number of hydrogen-bond acceptors (Lipinski definition) is 6. The number of aromatic nitrogens is 2. The highest BCUT2D eigenvalue weighted by Crippen LogP contribution is 2.28. The van der Waals surface area contributed by atoms with Gasteiger partial charge in [0.1, 0.15) is 17.5 Å². The number of carbonyl (C=O) groups is 1. The molecule has 9 heteroatoms. The molecule has 4 aromatic rings. The molecule has 0 aliphatic rings. The minimum atomic E-state index is -0.674. The van der Waals surface area contributed by atoms with Crippen molar-refractivity contribution in [2.75, 3.05) is 19.5 Å². The lowest BCUT2D eigenvalue weighted by Gasteiger charge is -2.17. The van der Waals surface area contributed by atoms with Crippen molar-refractivity contribution in [3.8, 4) is 23.0 Å². The first-order chi connectivity index (χ1) is 16.1. The molecule has 0 bridgehead atoms. The van der Waals surface area contributed by atoms with Crippen LogP contribution in [0.15, 0.2) is 77.2 Å². The van der Waals surface area contributed by atoms with Crippen molar-refractivity contribution in [1.29, 1.82) is 0 Å². The maximum atomic E-state index is 12.9. The van der Waals surface area contributed by atoms with Gasteiger partial charge in [0, 0.05) is 34.5 Å². The highest BCUT2D eigenvalue weighted by atomic mass is 35.5. The molecule has 8 nitrogen and oxygen atoms in total. The summed E-state index contributed by atoms with van der Waals surface area (Å²) in [5, 5.41) is 14.6. The molecule has 0 saturated heterocycles. The van der Waals surface area contributed by atoms with E-state index in [2.05, 4.69) is 20.8 Å². The van der Waals surface area contributed by atoms with E-state index in [4.69, 9.17) is 25.5 Å². The Balaban J connectivity index is 1.59. The largest absolute Gasteiger partial charge is 0.497 e. The van der Waals surface area contributed by atoms with Gasteiger partial charge in [-0.15, -0.1) is 10.2 Å². The molecule has 3 aromatic carbocycles. The van der Waals surface area contributed by atoms with Crippen molar-refractivity contribution in [2.24, 2.45) is 0 Å². The van der Waals surface area contributed by atoms with Gasteiger partial charge in [-0.05, 0) is 29.8 Å². The van der Waals surface area contributed by atoms with Gasteiger partial charge in [0.25, 0.3) is 0 Å². The number of methoxy groups -OCH3 is 2. The fraction of sp³-hybridized carbons (Fsp3) is 0.125. The first kappa shape index (κ1) is 22.2. The predicted octanol–water partition coefficient (Wildman–Crippen LogP) is 5.32. The molecule has 1 heterocycles. The Kier molecular flexibility index (Phi) is 6.75. The molecule has 0 aliphatic carbocycles. The van der Waals surface area contributed by atoms with Gasteiger partial charge in [-0.2, -0.15) is 0 Å². The molecule has 2 N–H and O–H groups in total. The number of hydrogen-bond donors (Lipinski definition) is 2. The van der Waals surface area contributed by atoms with Gasteiger partial charge in [0.2, 0.25) is 11.8 Å². The highest BCUT2D eigenvalue weighted by molar-refractivity contribution is 6.30. The molecule has 1 aromatic heterocycles. The van der Waals surface area contributed by atoms with Gasteiger partial charge in [0.05, 0.1) is 14.2 Å². The molecule has 4 rings (SSSR count). The number of anilines is 1. The van der Waals surface area contributed by atoms with Crippen LogP contribution in [-0.4, -0.2) is 30.4 Å². The van der Waals surface area contributed by atoms with E-state index in [1.165, 1.54) is 14.2 Å². The van der Waals surface area contributed by atoms with Crippen LogP contribution in [0.4, 0.5) is 10.5 Å². The van der Waals surface area contributed by atoms with Crippen molar-refractivity contribution >= 4 is 23.3 Å². The Morgan fingerprint density at radius 1 is 0.939 bits per heavy atom. The number of nitrogens with one attached hydrogen (secondary N) is 2. The molecule has 0 aliphatic heterocycles. The summed E-state index contributed by atoms with van der Waals surface area (Å²) in [4.78, 5) is 12.9. The Hall–Kier alpha value is -4.04. The van der Waals surface area contributed by atoms with E-state index in [-0.39, 0.29) is 5.89 Å². The molecule has 0 radical (unpaired) electrons. The molecule has 0 fully saturated rings. The predicted molar refractivity (Wildman–Crippen MR) is 125 cm³/mol. The van der Waals surface area contributed by atoms with Crippen LogP contribution in [0.3, 0.4) is 0 Å². The molecular weight excluding hydrogens is 444 g/mol. The Bertz CT molecular complexity index is 1210. The third-order valence-electron chi connectivity index (χ3n) is 4.80. The minimum absolute atomic E-state index is 0.240. The maximum Gasteiger partial charge on any atom is 0.320 e. The van der Waals surface area contributed by atoms with Crippen LogP contribution in [0.1, 0.15) is 17.5 Å². The summed E-state index contributed by atoms with van der Waals surface area (Å²) in [5.41, 5.74) is 2.00. The molecule has 33 heavy (non-hydrogen) atoms. The summed E-state index contributed by atoms with van der Waals surface area (Å²) < 4.78 is 16.4. The number of ether oxygens (including phenoxy) is 2. The molecule has 1 atom stereocenters. The number of carbonyl (C=O) groups excluding carboxylic acids is 1. The first-order valence-electron chi connectivity index (χ1n) is 10.0. The number of urea groups is 1. The molecule has 0 saturated carbocycles. The van der Waals surface area contributed by atoms with Crippen molar-refractivity contribution in [2.45, 2.75) is 6.04 Å². The zero-order valence-corrected chi connectivity index (χ0v) is 18.7. The van der Waals surface area contributed by atoms with Crippen molar-refractivity contribution in [3.05, 3.63) is 89.3 Å². The molecule has 0 spiro atoms. The topological polar surface area (TPSA) is 98.5 Å². The van der Waals surface area contributed by atoms with E-state index in [1.807, 2.05) is 30.3 Å². The summed E-state index contributed by atoms with van der Waals surface area (Å²) in [7, 11) is 3.08. The van der Waals surface area contributed by atoms with Crippen LogP contribution in [0.2, 0.25) is 5.02 Å². The zero-order chi connectivity index (χ0) is 23.2. The van der Waals surface area contributed by atoms with Gasteiger partial charge >= 0.3 is 6.03 Å². The van der Waals surface area contributed by atoms with Gasteiger partial charge < -0.3 is 24.5 Å². The van der Waals surface area contributed by atoms with Crippen LogP contribution in [-0.2, 0) is 0 Å². The second-order valence-corrected chi connectivity index (χ2v) is 7.43. The summed E-state index contributed by atoms with van der Waals surface area (Å²) in [5.74, 6) is 1.66. The van der Waals surface area contributed by atoms with Crippen LogP contribution in [0, 0.1) is 0 Å². The van der Waals surface area contributed by atoms with Crippen LogP contribution >= 0.6 is 11.6 Å². The second-order valence-electron chi connectivity index (χ2n) is 7.00. The normalized spacial score (nSPS) is 11.5. The second kappa shape index (κ2) is 10.1. The summed E-state index contributed by atoms with van der Waals surface area (Å²) >= 11 is 5.96. The summed E-state index contributed by atoms with van der Waals surface area (Å²) in [6.07, 6.45) is 0. The standard InChI is InChI=1S/C24H21ClN4O4/c1-31-19-12-18(13-20(14-19)32-2)26-24(30)27-21(15-6-4-3-5-7-15)23-29-28-22(33-23)16-8-10-17(25)11-9-16/h3-14,21H,1-2H3,(H2,26,27,30)/t21-/m0/s1. The third kappa shape index (κ3) is 5.42. The third-order valence-corrected chi connectivity index (χ3v) is 5.05. The van der Waals surface area contributed by atoms with E-state index in [0.29, 0.717) is 28.1 Å². The monoisotopic (exact) mass is 464 g/mol. The smallest absolute Gasteiger partial charge is 0.320 e. The van der Waals surface area contributed by atoms with E-state index in [0.717, 1.165) is 11.1 Å². The van der Waals surface area contributed by atoms with E-state index < -0.39 is 12.1 Å². The van der Waals surface area contributed by atoms with Gasteiger partial charge in [0.15, 0.2) is 0 Å². The van der Waals surface area contributed by atoms with Gasteiger partial charge in [-0.3, -0.25) is 0 Å². The number of rotatable bonds is 7. The Labute approximate surface area is 195 Å². The van der Waals surface area contributed by atoms with Crippen LogP contribution < -0.4 is 20.1 Å². The molecular formula is C24H21ClN4O4. The number of amides is 2. The van der Waals surface area contributed by atoms with Gasteiger partial charge in [-0.1, -0.05) is 41.9 Å². The van der Waals surface area contributed by atoms with E-state index in [1.54, 1.807) is 42.5 Å². The lowest BCUT2D eigenvalue weighted by Crippen LogP contribution is -2.33. The van der Waals surface area contributed by atoms with E-state index in [9.17, 15) is 4.79 Å². The minimum Gasteiger partial charge on any atom is -0.497 e. The average molecular weight is 465 g/mol. The first-order valence-corrected chi connectivity index (χ1v) is 10.4. The molecule has 0 unspecified atom stereocenters. The molecule has 2 amide bonds. The number of halogens is 1. The highest BCUT2D eigenvalue weighted by Gasteiger charge is 2.23. The summed E-state index contributed by atoms with van der Waals surface area (Å²) in [6, 6.07) is 20.3. The van der Waals surface area contributed by atoms with Crippen molar-refractivity contribution in [3.63, 3.8) is 0 Å². The maximum absolute atomic E-state index is 12.9. The Morgan fingerprint density at radius 3 is 2.24 bits per heavy atom. The SMILES string of the molecule is COc1cc(NC(=O)N[C@@H](c2ccccc2)c2nnc(-c3ccc(Cl)cc3)o2)cc(OC)c1. The fourth-order valence-corrected chi connectivity index (χ4v) is 3.30. The summed E-state index contributed by atoms with van der Waals surface area (Å²) in [6.45, 7) is 0. The van der Waals surface area contributed by atoms with Gasteiger partial charge in [-0.25, -0.2) is 4.79 Å². The lowest BCUT2D eigenvalue weighted by molar-refractivity contribution is 0.248.